The van der Waals surface area contributed by atoms with Crippen molar-refractivity contribution < 1.29 is 10.0 Å². The van der Waals surface area contributed by atoms with E-state index in [1.807, 2.05) is 35.8 Å². The average Bonchev–Trinajstić information content (AvgIpc) is 3.24. The SMILES string of the molecule is Cc1sc2c(c1C)C(c1ccc(C#CCN)cc1)=N[C@@H](CC(=O)N(C)O)c1nnc(C)n1-2. The molecule has 3 heterocycles. The first kappa shape index (κ1) is 21.9. The van der Waals surface area contributed by atoms with Gasteiger partial charge in [-0.3, -0.25) is 19.6 Å². The molecule has 2 aromatic heterocycles. The molecular formula is C23H24N6O2S. The molecule has 0 saturated carbocycles. The summed E-state index contributed by atoms with van der Waals surface area (Å²) in [5.41, 5.74) is 10.2. The summed E-state index contributed by atoms with van der Waals surface area (Å²) in [6, 6.07) is 7.24. The van der Waals surface area contributed by atoms with Crippen molar-refractivity contribution in [2.75, 3.05) is 13.6 Å². The monoisotopic (exact) mass is 448 g/mol. The molecule has 1 aromatic carbocycles. The molecule has 0 saturated heterocycles. The lowest BCUT2D eigenvalue weighted by atomic mass is 9.98. The predicted molar refractivity (Wildman–Crippen MR) is 123 cm³/mol. The van der Waals surface area contributed by atoms with Crippen LogP contribution in [0.25, 0.3) is 5.00 Å². The Kier molecular flexibility index (Phi) is 5.93. The van der Waals surface area contributed by atoms with Gasteiger partial charge in [-0.05, 0) is 38.5 Å². The summed E-state index contributed by atoms with van der Waals surface area (Å²) in [5.74, 6) is 6.75. The minimum atomic E-state index is -0.593. The van der Waals surface area contributed by atoms with Gasteiger partial charge in [-0.25, -0.2) is 5.06 Å². The van der Waals surface area contributed by atoms with Crippen molar-refractivity contribution in [3.63, 3.8) is 0 Å². The van der Waals surface area contributed by atoms with Crippen LogP contribution in [0.2, 0.25) is 0 Å². The van der Waals surface area contributed by atoms with Crippen molar-refractivity contribution in [3.05, 3.63) is 63.0 Å². The molecule has 1 atom stereocenters. The summed E-state index contributed by atoms with van der Waals surface area (Å²) in [5, 5.41) is 19.8. The second kappa shape index (κ2) is 8.67. The third-order valence-corrected chi connectivity index (χ3v) is 6.65. The number of aromatic nitrogens is 3. The summed E-state index contributed by atoms with van der Waals surface area (Å²) >= 11 is 1.65. The van der Waals surface area contributed by atoms with Crippen LogP contribution >= 0.6 is 11.3 Å². The molecule has 0 aliphatic carbocycles. The second-order valence-electron chi connectivity index (χ2n) is 7.60. The maximum Gasteiger partial charge on any atom is 0.248 e. The zero-order valence-electron chi connectivity index (χ0n) is 18.4. The van der Waals surface area contributed by atoms with Gasteiger partial charge in [0, 0.05) is 28.6 Å². The normalized spacial score (nSPS) is 14.6. The van der Waals surface area contributed by atoms with Gasteiger partial charge in [0.25, 0.3) is 0 Å². The fourth-order valence-electron chi connectivity index (χ4n) is 3.69. The van der Waals surface area contributed by atoms with Gasteiger partial charge >= 0.3 is 0 Å². The Bertz CT molecular complexity index is 1270. The van der Waals surface area contributed by atoms with Crippen LogP contribution in [-0.2, 0) is 4.79 Å². The summed E-state index contributed by atoms with van der Waals surface area (Å²) in [6.07, 6.45) is -0.0261. The van der Waals surface area contributed by atoms with Gasteiger partial charge in [-0.15, -0.1) is 21.5 Å². The summed E-state index contributed by atoms with van der Waals surface area (Å²) in [6.45, 7) is 6.35. The lowest BCUT2D eigenvalue weighted by Gasteiger charge is -2.14. The Hall–Kier alpha value is -3.32. The van der Waals surface area contributed by atoms with Crippen molar-refractivity contribution >= 4 is 23.0 Å². The predicted octanol–water partition coefficient (Wildman–Crippen LogP) is 2.69. The first-order chi connectivity index (χ1) is 15.3. The molecule has 0 spiro atoms. The van der Waals surface area contributed by atoms with Gasteiger partial charge < -0.3 is 5.73 Å². The zero-order chi connectivity index (χ0) is 23.0. The molecule has 1 amide bonds. The summed E-state index contributed by atoms with van der Waals surface area (Å²) in [4.78, 5) is 18.6. The fourth-order valence-corrected chi connectivity index (χ4v) is 4.90. The maximum absolute atomic E-state index is 12.4. The number of nitrogens with two attached hydrogens (primary N) is 1. The summed E-state index contributed by atoms with van der Waals surface area (Å²) < 4.78 is 1.98. The molecule has 9 heteroatoms. The lowest BCUT2D eigenvalue weighted by molar-refractivity contribution is -0.159. The van der Waals surface area contributed by atoms with Gasteiger partial charge in [-0.1, -0.05) is 24.0 Å². The number of amides is 1. The Balaban J connectivity index is 1.92. The van der Waals surface area contributed by atoms with E-state index in [0.29, 0.717) is 17.4 Å². The van der Waals surface area contributed by atoms with Crippen LogP contribution in [0.1, 0.15) is 51.2 Å². The fraction of sp³-hybridized carbons (Fsp3) is 0.304. The van der Waals surface area contributed by atoms with Crippen LogP contribution in [0, 0.1) is 32.6 Å². The van der Waals surface area contributed by atoms with E-state index in [0.717, 1.165) is 38.8 Å². The minimum absolute atomic E-state index is 0.0261. The first-order valence-electron chi connectivity index (χ1n) is 10.2. The van der Waals surface area contributed by atoms with E-state index in [2.05, 4.69) is 35.9 Å². The van der Waals surface area contributed by atoms with Crippen molar-refractivity contribution in [3.8, 4) is 16.8 Å². The number of hydrogen-bond acceptors (Lipinski definition) is 7. The number of carbonyl (C=O) groups excluding carboxylic acids is 1. The summed E-state index contributed by atoms with van der Waals surface area (Å²) in [7, 11) is 1.31. The number of thiophene rings is 1. The molecule has 0 fully saturated rings. The molecule has 1 aliphatic heterocycles. The van der Waals surface area contributed by atoms with Crippen LogP contribution in [0.15, 0.2) is 29.3 Å². The third-order valence-electron chi connectivity index (χ3n) is 5.46. The molecule has 3 aromatic rings. The molecule has 0 unspecified atom stereocenters. The Morgan fingerprint density at radius 1 is 1.25 bits per heavy atom. The smallest absolute Gasteiger partial charge is 0.248 e. The van der Waals surface area contributed by atoms with E-state index in [1.54, 1.807) is 11.3 Å². The number of aliphatic imine (C=N–C) groups is 1. The highest BCUT2D eigenvalue weighted by Gasteiger charge is 2.32. The number of rotatable bonds is 3. The number of hydroxylamine groups is 2. The topological polar surface area (TPSA) is 110 Å². The standard InChI is InChI=1S/C23H24N6O2S/c1-13-14(2)32-23-20(13)21(17-9-7-16(8-10-17)6-5-11-24)25-18(12-19(30)28(4)31)22-27-26-15(3)29(22)23/h7-10,18,31H,11-12,24H2,1-4H3/t18-/m0/s1. The molecule has 0 bridgehead atoms. The maximum atomic E-state index is 12.4. The molecule has 0 radical (unpaired) electrons. The quantitative estimate of drug-likeness (QED) is 0.364. The number of hydrogen-bond donors (Lipinski definition) is 2. The van der Waals surface area contributed by atoms with Gasteiger partial charge in [0.15, 0.2) is 5.82 Å². The van der Waals surface area contributed by atoms with E-state index >= 15 is 0 Å². The highest BCUT2D eigenvalue weighted by Crippen LogP contribution is 2.39. The van der Waals surface area contributed by atoms with Crippen molar-refractivity contribution in [2.24, 2.45) is 10.7 Å². The van der Waals surface area contributed by atoms with Crippen LogP contribution in [0.3, 0.4) is 0 Å². The molecule has 4 rings (SSSR count). The lowest BCUT2D eigenvalue weighted by Crippen LogP contribution is -2.24. The minimum Gasteiger partial charge on any atom is -0.320 e. The number of benzene rings is 1. The van der Waals surface area contributed by atoms with E-state index in [9.17, 15) is 10.0 Å². The first-order valence-corrected chi connectivity index (χ1v) is 11.0. The Labute approximate surface area is 190 Å². The zero-order valence-corrected chi connectivity index (χ0v) is 19.2. The van der Waals surface area contributed by atoms with Gasteiger partial charge in [0.1, 0.15) is 16.9 Å². The van der Waals surface area contributed by atoms with E-state index in [1.165, 1.54) is 11.9 Å². The third kappa shape index (κ3) is 3.84. The van der Waals surface area contributed by atoms with Gasteiger partial charge in [0.2, 0.25) is 5.91 Å². The van der Waals surface area contributed by atoms with Gasteiger partial charge in [-0.2, -0.15) is 0 Å². The largest absolute Gasteiger partial charge is 0.320 e. The number of nitrogens with zero attached hydrogens (tertiary/aromatic N) is 5. The van der Waals surface area contributed by atoms with Crippen LogP contribution in [0.5, 0.6) is 0 Å². The Morgan fingerprint density at radius 2 is 1.97 bits per heavy atom. The highest BCUT2D eigenvalue weighted by atomic mass is 32.1. The van der Waals surface area contributed by atoms with E-state index < -0.39 is 11.9 Å². The molecule has 1 aliphatic rings. The average molecular weight is 449 g/mol. The molecule has 164 valence electrons. The van der Waals surface area contributed by atoms with E-state index in [-0.39, 0.29) is 6.42 Å². The van der Waals surface area contributed by atoms with Crippen LogP contribution in [0.4, 0.5) is 0 Å². The number of fused-ring (bicyclic) bond motifs is 3. The Morgan fingerprint density at radius 3 is 2.62 bits per heavy atom. The van der Waals surface area contributed by atoms with E-state index in [4.69, 9.17) is 10.7 Å². The van der Waals surface area contributed by atoms with Crippen molar-refractivity contribution in [1.29, 1.82) is 0 Å². The number of carbonyl (C=O) groups is 1. The number of aryl methyl sites for hydroxylation is 2. The van der Waals surface area contributed by atoms with Crippen LogP contribution in [-0.4, -0.2) is 50.2 Å². The van der Waals surface area contributed by atoms with Crippen molar-refractivity contribution in [2.45, 2.75) is 33.2 Å². The molecule has 32 heavy (non-hydrogen) atoms. The van der Waals surface area contributed by atoms with Crippen LogP contribution < -0.4 is 5.73 Å². The molecular weight excluding hydrogens is 424 g/mol. The second-order valence-corrected chi connectivity index (χ2v) is 8.81. The van der Waals surface area contributed by atoms with Gasteiger partial charge in [0.05, 0.1) is 18.7 Å². The highest BCUT2D eigenvalue weighted by molar-refractivity contribution is 7.15. The molecule has 8 nitrogen and oxygen atoms in total. The molecule has 3 N–H and O–H groups in total. The van der Waals surface area contributed by atoms with Crippen molar-refractivity contribution in [1.82, 2.24) is 19.8 Å².